The summed E-state index contributed by atoms with van der Waals surface area (Å²) >= 11 is 0. The van der Waals surface area contributed by atoms with Gasteiger partial charge in [0.2, 0.25) is 5.95 Å². The zero-order valence-electron chi connectivity index (χ0n) is 14.9. The summed E-state index contributed by atoms with van der Waals surface area (Å²) in [6.07, 6.45) is -3.36. The fourth-order valence-electron chi connectivity index (χ4n) is 2.62. The molecular formula is C20H19F3N4O. The van der Waals surface area contributed by atoms with Gasteiger partial charge in [0.05, 0.1) is 0 Å². The second-order valence-electron chi connectivity index (χ2n) is 6.14. The van der Waals surface area contributed by atoms with Crippen LogP contribution in [-0.2, 0) is 19.1 Å². The van der Waals surface area contributed by atoms with Gasteiger partial charge in [-0.1, -0.05) is 42.5 Å². The Balaban J connectivity index is 1.70. The van der Waals surface area contributed by atoms with Gasteiger partial charge in [-0.25, -0.2) is 4.98 Å². The minimum atomic E-state index is -4.56. The lowest BCUT2D eigenvalue weighted by molar-refractivity contribution is -0.137. The number of alkyl halides is 3. The molecular weight excluding hydrogens is 369 g/mol. The van der Waals surface area contributed by atoms with E-state index in [1.54, 1.807) is 18.2 Å². The van der Waals surface area contributed by atoms with Gasteiger partial charge in [0, 0.05) is 19.3 Å². The number of phenolic OH excluding ortho intramolecular Hbond substituents is 1. The van der Waals surface area contributed by atoms with Crippen LogP contribution in [0.4, 0.5) is 24.9 Å². The molecule has 0 saturated carbocycles. The average Bonchev–Trinajstić information content (AvgIpc) is 2.66. The molecule has 5 nitrogen and oxygen atoms in total. The van der Waals surface area contributed by atoms with Gasteiger partial charge < -0.3 is 15.7 Å². The van der Waals surface area contributed by atoms with Gasteiger partial charge in [-0.3, -0.25) is 0 Å². The van der Waals surface area contributed by atoms with Gasteiger partial charge in [-0.05, 0) is 29.7 Å². The van der Waals surface area contributed by atoms with Crippen LogP contribution in [0.2, 0.25) is 0 Å². The molecule has 3 rings (SSSR count). The van der Waals surface area contributed by atoms with E-state index in [1.807, 2.05) is 30.3 Å². The first-order valence-electron chi connectivity index (χ1n) is 8.65. The van der Waals surface area contributed by atoms with Crippen LogP contribution in [-0.4, -0.2) is 21.6 Å². The summed E-state index contributed by atoms with van der Waals surface area (Å²) in [5, 5.41) is 15.1. The predicted octanol–water partition coefficient (Wildman–Crippen LogP) is 4.47. The van der Waals surface area contributed by atoms with Crippen molar-refractivity contribution in [3.05, 3.63) is 77.5 Å². The lowest BCUT2D eigenvalue weighted by atomic mass is 10.1. The van der Waals surface area contributed by atoms with E-state index in [0.29, 0.717) is 13.0 Å². The fraction of sp³-hybridized carbons (Fsp3) is 0.200. The minimum Gasteiger partial charge on any atom is -0.508 e. The first kappa shape index (κ1) is 19.5. The standard InChI is InChI=1S/C20H19F3N4O/c21-20(22,23)17-13-26-19(25-12-15-5-2-1-3-6-15)27-18(17)24-10-9-14-7-4-8-16(28)11-14/h1-8,11,13,28H,9-10,12H2,(H2,24,25,26,27). The summed E-state index contributed by atoms with van der Waals surface area (Å²) in [6, 6.07) is 16.0. The van der Waals surface area contributed by atoms with E-state index in [4.69, 9.17) is 0 Å². The second-order valence-corrected chi connectivity index (χ2v) is 6.14. The Morgan fingerprint density at radius 3 is 2.39 bits per heavy atom. The molecule has 0 unspecified atom stereocenters. The molecule has 0 radical (unpaired) electrons. The monoisotopic (exact) mass is 388 g/mol. The van der Waals surface area contributed by atoms with Crippen molar-refractivity contribution in [2.75, 3.05) is 17.2 Å². The first-order chi connectivity index (χ1) is 13.4. The van der Waals surface area contributed by atoms with Crippen molar-refractivity contribution < 1.29 is 18.3 Å². The lowest BCUT2D eigenvalue weighted by Gasteiger charge is -2.15. The number of anilines is 2. The molecule has 2 aromatic carbocycles. The first-order valence-corrected chi connectivity index (χ1v) is 8.65. The topological polar surface area (TPSA) is 70.1 Å². The molecule has 1 aromatic heterocycles. The van der Waals surface area contributed by atoms with Crippen LogP contribution >= 0.6 is 0 Å². The molecule has 0 fully saturated rings. The Kier molecular flexibility index (Phi) is 5.98. The molecule has 0 spiro atoms. The van der Waals surface area contributed by atoms with E-state index >= 15 is 0 Å². The van der Waals surface area contributed by atoms with Gasteiger partial charge >= 0.3 is 6.18 Å². The number of benzene rings is 2. The highest BCUT2D eigenvalue weighted by Crippen LogP contribution is 2.33. The smallest absolute Gasteiger partial charge is 0.421 e. The van der Waals surface area contributed by atoms with E-state index in [-0.39, 0.29) is 24.1 Å². The van der Waals surface area contributed by atoms with Gasteiger partial charge in [0.25, 0.3) is 0 Å². The van der Waals surface area contributed by atoms with Crippen molar-refractivity contribution in [1.29, 1.82) is 0 Å². The molecule has 0 saturated heterocycles. The van der Waals surface area contributed by atoms with Gasteiger partial charge in [-0.15, -0.1) is 0 Å². The Morgan fingerprint density at radius 1 is 0.929 bits per heavy atom. The number of halogens is 3. The van der Waals surface area contributed by atoms with Gasteiger partial charge in [0.1, 0.15) is 17.1 Å². The Morgan fingerprint density at radius 2 is 1.68 bits per heavy atom. The molecule has 0 aliphatic rings. The Hall–Kier alpha value is -3.29. The number of aromatic nitrogens is 2. The molecule has 8 heteroatoms. The van der Waals surface area contributed by atoms with Crippen molar-refractivity contribution >= 4 is 11.8 Å². The number of hydrogen-bond acceptors (Lipinski definition) is 5. The van der Waals surface area contributed by atoms with Crippen LogP contribution in [0.1, 0.15) is 16.7 Å². The van der Waals surface area contributed by atoms with Crippen LogP contribution < -0.4 is 10.6 Å². The molecule has 0 aliphatic carbocycles. The van der Waals surface area contributed by atoms with E-state index in [0.717, 1.165) is 17.3 Å². The Labute approximate surface area is 160 Å². The van der Waals surface area contributed by atoms with Gasteiger partial charge in [0.15, 0.2) is 0 Å². The quantitative estimate of drug-likeness (QED) is 0.557. The number of nitrogens with zero attached hydrogens (tertiary/aromatic N) is 2. The maximum absolute atomic E-state index is 13.3. The normalized spacial score (nSPS) is 11.2. The van der Waals surface area contributed by atoms with Crippen molar-refractivity contribution in [2.45, 2.75) is 19.1 Å². The maximum Gasteiger partial charge on any atom is 0.421 e. The molecule has 0 aliphatic heterocycles. The van der Waals surface area contributed by atoms with Gasteiger partial charge in [-0.2, -0.15) is 18.2 Å². The number of rotatable bonds is 7. The molecule has 0 atom stereocenters. The summed E-state index contributed by atoms with van der Waals surface area (Å²) < 4.78 is 39.8. The van der Waals surface area contributed by atoms with Crippen LogP contribution in [0.5, 0.6) is 5.75 Å². The molecule has 0 amide bonds. The van der Waals surface area contributed by atoms with Crippen molar-refractivity contribution in [3.63, 3.8) is 0 Å². The molecule has 0 bridgehead atoms. The highest BCUT2D eigenvalue weighted by molar-refractivity contribution is 5.49. The summed E-state index contributed by atoms with van der Waals surface area (Å²) in [5.74, 6) is -0.0576. The lowest BCUT2D eigenvalue weighted by Crippen LogP contribution is -2.16. The maximum atomic E-state index is 13.3. The molecule has 3 N–H and O–H groups in total. The predicted molar refractivity (Wildman–Crippen MR) is 101 cm³/mol. The number of hydrogen-bond donors (Lipinski definition) is 3. The zero-order valence-corrected chi connectivity index (χ0v) is 14.9. The van der Waals surface area contributed by atoms with Crippen LogP contribution in [0.3, 0.4) is 0 Å². The summed E-state index contributed by atoms with van der Waals surface area (Å²) in [7, 11) is 0. The van der Waals surface area contributed by atoms with E-state index in [2.05, 4.69) is 20.6 Å². The van der Waals surface area contributed by atoms with Crippen LogP contribution in [0.25, 0.3) is 0 Å². The SMILES string of the molecule is Oc1cccc(CCNc2nc(NCc3ccccc3)ncc2C(F)(F)F)c1. The molecule has 1 heterocycles. The number of phenols is 1. The molecule has 28 heavy (non-hydrogen) atoms. The average molecular weight is 388 g/mol. The third-order valence-electron chi connectivity index (χ3n) is 4.00. The largest absolute Gasteiger partial charge is 0.508 e. The summed E-state index contributed by atoms with van der Waals surface area (Å²) in [6.45, 7) is 0.622. The summed E-state index contributed by atoms with van der Waals surface area (Å²) in [5.41, 5.74) is 0.843. The fourth-order valence-corrected chi connectivity index (χ4v) is 2.62. The molecule has 146 valence electrons. The van der Waals surface area contributed by atoms with E-state index < -0.39 is 11.7 Å². The van der Waals surface area contributed by atoms with Crippen molar-refractivity contribution in [3.8, 4) is 5.75 Å². The highest BCUT2D eigenvalue weighted by Gasteiger charge is 2.35. The van der Waals surface area contributed by atoms with Crippen molar-refractivity contribution in [2.24, 2.45) is 0 Å². The highest BCUT2D eigenvalue weighted by atomic mass is 19.4. The minimum absolute atomic E-state index is 0.108. The van der Waals surface area contributed by atoms with Crippen LogP contribution in [0.15, 0.2) is 60.8 Å². The molecule has 3 aromatic rings. The van der Waals surface area contributed by atoms with Crippen molar-refractivity contribution in [1.82, 2.24) is 9.97 Å². The summed E-state index contributed by atoms with van der Waals surface area (Å²) in [4.78, 5) is 7.78. The van der Waals surface area contributed by atoms with Crippen LogP contribution in [0, 0.1) is 0 Å². The third kappa shape index (κ3) is 5.35. The third-order valence-corrected chi connectivity index (χ3v) is 4.00. The van der Waals surface area contributed by atoms with E-state index in [9.17, 15) is 18.3 Å². The Bertz CT molecular complexity index is 917. The zero-order chi connectivity index (χ0) is 20.0. The number of aromatic hydroxyl groups is 1. The van der Waals surface area contributed by atoms with E-state index in [1.165, 1.54) is 6.07 Å². The number of nitrogens with one attached hydrogen (secondary N) is 2. The second kappa shape index (κ2) is 8.60.